The van der Waals surface area contributed by atoms with Crippen molar-refractivity contribution in [2.45, 2.75) is 118 Å². The summed E-state index contributed by atoms with van der Waals surface area (Å²) in [6.45, 7) is 17.0. The lowest BCUT2D eigenvalue weighted by Crippen LogP contribution is -2.65. The molecule has 9 atom stereocenters. The molecule has 0 amide bonds. The van der Waals surface area contributed by atoms with Crippen molar-refractivity contribution >= 4 is 5.78 Å². The van der Waals surface area contributed by atoms with Gasteiger partial charge in [0.1, 0.15) is 5.78 Å². The number of hydrogen-bond donors (Lipinski definition) is 3. The van der Waals surface area contributed by atoms with Crippen molar-refractivity contribution < 1.29 is 20.1 Å². The number of rotatable bonds is 4. The molecule has 192 valence electrons. The summed E-state index contributed by atoms with van der Waals surface area (Å²) in [5, 5.41) is 33.2. The van der Waals surface area contributed by atoms with Crippen LogP contribution in [0.3, 0.4) is 0 Å². The van der Waals surface area contributed by atoms with Crippen LogP contribution in [-0.2, 0) is 4.79 Å². The van der Waals surface area contributed by atoms with Gasteiger partial charge in [-0.1, -0.05) is 57.9 Å². The Balaban J connectivity index is 1.73. The van der Waals surface area contributed by atoms with Gasteiger partial charge in [-0.25, -0.2) is 0 Å². The van der Waals surface area contributed by atoms with Crippen LogP contribution in [0.5, 0.6) is 0 Å². The highest BCUT2D eigenvalue weighted by Crippen LogP contribution is 2.74. The molecule has 4 heteroatoms. The molecule has 3 fully saturated rings. The molecule has 3 N–H and O–H groups in total. The molecular weight excluding hydrogens is 424 g/mol. The Morgan fingerprint density at radius 3 is 2.41 bits per heavy atom. The number of allylic oxidation sites excluding steroid dienone is 3. The molecule has 0 spiro atoms. The van der Waals surface area contributed by atoms with Crippen molar-refractivity contribution in [3.63, 3.8) is 0 Å². The predicted octanol–water partition coefficient (Wildman–Crippen LogP) is 5.60. The minimum atomic E-state index is -0.811. The van der Waals surface area contributed by atoms with Crippen LogP contribution < -0.4 is 0 Å². The fraction of sp³-hybridized carbons (Fsp3) is 0.833. The third-order valence-electron chi connectivity index (χ3n) is 11.6. The monoisotopic (exact) mass is 472 g/mol. The van der Waals surface area contributed by atoms with Gasteiger partial charge in [-0.05, 0) is 87.9 Å². The summed E-state index contributed by atoms with van der Waals surface area (Å²) in [6, 6.07) is 0. The van der Waals surface area contributed by atoms with Crippen LogP contribution >= 0.6 is 0 Å². The van der Waals surface area contributed by atoms with E-state index in [2.05, 4.69) is 46.8 Å². The van der Waals surface area contributed by atoms with Crippen molar-refractivity contribution in [2.75, 3.05) is 0 Å². The van der Waals surface area contributed by atoms with E-state index in [0.717, 1.165) is 37.7 Å². The molecular formula is C30H48O4. The van der Waals surface area contributed by atoms with E-state index in [1.54, 1.807) is 0 Å². The minimum Gasteiger partial charge on any atom is -0.390 e. The van der Waals surface area contributed by atoms with E-state index in [9.17, 15) is 20.1 Å². The normalized spacial score (nSPS) is 47.1. The number of fused-ring (bicyclic) bond motifs is 5. The number of aliphatic hydroxyl groups is 3. The van der Waals surface area contributed by atoms with Gasteiger partial charge in [0.2, 0.25) is 0 Å². The number of carbonyl (C=O) groups is 1. The van der Waals surface area contributed by atoms with Gasteiger partial charge in [-0.15, -0.1) is 0 Å². The van der Waals surface area contributed by atoms with Gasteiger partial charge in [0.15, 0.2) is 0 Å². The van der Waals surface area contributed by atoms with Gasteiger partial charge in [-0.3, -0.25) is 4.79 Å². The summed E-state index contributed by atoms with van der Waals surface area (Å²) in [5.41, 5.74) is 0.229. The zero-order valence-corrected chi connectivity index (χ0v) is 22.7. The zero-order valence-electron chi connectivity index (χ0n) is 22.7. The summed E-state index contributed by atoms with van der Waals surface area (Å²) >= 11 is 0. The highest BCUT2D eigenvalue weighted by atomic mass is 16.3. The summed E-state index contributed by atoms with van der Waals surface area (Å²) in [5.74, 6) is 0.520. The van der Waals surface area contributed by atoms with Crippen LogP contribution in [0.25, 0.3) is 0 Å². The van der Waals surface area contributed by atoms with Crippen molar-refractivity contribution in [2.24, 2.45) is 39.4 Å². The molecule has 0 aromatic rings. The van der Waals surface area contributed by atoms with E-state index in [1.807, 2.05) is 20.8 Å². The second kappa shape index (κ2) is 8.02. The molecule has 0 aromatic carbocycles. The van der Waals surface area contributed by atoms with E-state index in [4.69, 9.17) is 0 Å². The van der Waals surface area contributed by atoms with Crippen molar-refractivity contribution in [1.82, 2.24) is 0 Å². The van der Waals surface area contributed by atoms with Crippen LogP contribution in [0.4, 0.5) is 0 Å². The fourth-order valence-corrected chi connectivity index (χ4v) is 9.31. The molecule has 34 heavy (non-hydrogen) atoms. The third kappa shape index (κ3) is 3.38. The molecule has 0 saturated heterocycles. The second-order valence-corrected chi connectivity index (χ2v) is 14.0. The number of aliphatic hydroxyl groups excluding tert-OH is 2. The van der Waals surface area contributed by atoms with Gasteiger partial charge in [-0.2, -0.15) is 0 Å². The Labute approximate surface area is 206 Å². The molecule has 4 rings (SSSR count). The molecule has 3 saturated carbocycles. The molecule has 0 heterocycles. The van der Waals surface area contributed by atoms with Crippen molar-refractivity contribution in [3.05, 3.63) is 23.3 Å². The average Bonchev–Trinajstić information content (AvgIpc) is 2.98. The standard InChI is InChI=1S/C30H48O4/c1-18(2)10-9-14-29(7,34)22-13-15-27(5)23-12-11-19-20(16-21(31)25(33)26(19,3)4)30(23,8)24(32)17-28(22,27)6/h10-11,20-23,25,31,33-34H,9,12-17H2,1-8H3/t20-,21+,22+,23+,25+,27+,28-,29+,30+/m1/s1. The average molecular weight is 473 g/mol. The topological polar surface area (TPSA) is 77.8 Å². The quantitative estimate of drug-likeness (QED) is 0.466. The Bertz CT molecular complexity index is 909. The van der Waals surface area contributed by atoms with E-state index < -0.39 is 28.6 Å². The van der Waals surface area contributed by atoms with E-state index in [-0.39, 0.29) is 28.6 Å². The Kier molecular flexibility index (Phi) is 6.15. The maximum absolute atomic E-state index is 14.2. The smallest absolute Gasteiger partial charge is 0.140 e. The zero-order chi connectivity index (χ0) is 25.5. The van der Waals surface area contributed by atoms with Crippen molar-refractivity contribution in [1.29, 1.82) is 0 Å². The second-order valence-electron chi connectivity index (χ2n) is 14.0. The fourth-order valence-electron chi connectivity index (χ4n) is 9.31. The van der Waals surface area contributed by atoms with Crippen LogP contribution in [0, 0.1) is 39.4 Å². The number of hydrogen-bond acceptors (Lipinski definition) is 4. The first-order valence-corrected chi connectivity index (χ1v) is 13.5. The first-order valence-electron chi connectivity index (χ1n) is 13.5. The highest BCUT2D eigenvalue weighted by Gasteiger charge is 2.71. The largest absolute Gasteiger partial charge is 0.390 e. The Morgan fingerprint density at radius 2 is 1.79 bits per heavy atom. The van der Waals surface area contributed by atoms with Gasteiger partial charge in [0.25, 0.3) is 0 Å². The lowest BCUT2D eigenvalue weighted by molar-refractivity contribution is -0.184. The molecule has 0 aliphatic heterocycles. The maximum atomic E-state index is 14.2. The first kappa shape index (κ1) is 26.1. The van der Waals surface area contributed by atoms with E-state index >= 15 is 0 Å². The van der Waals surface area contributed by atoms with E-state index in [1.165, 1.54) is 5.57 Å². The number of carbonyl (C=O) groups excluding carboxylic acids is 1. The van der Waals surface area contributed by atoms with Crippen molar-refractivity contribution in [3.8, 4) is 0 Å². The molecule has 0 radical (unpaired) electrons. The number of ketones is 1. The summed E-state index contributed by atoms with van der Waals surface area (Å²) in [4.78, 5) is 14.2. The predicted molar refractivity (Wildman–Crippen MR) is 136 cm³/mol. The van der Waals surface area contributed by atoms with Crippen LogP contribution in [0.2, 0.25) is 0 Å². The first-order chi connectivity index (χ1) is 15.5. The van der Waals surface area contributed by atoms with Gasteiger partial charge in [0.05, 0.1) is 17.8 Å². The van der Waals surface area contributed by atoms with Gasteiger partial charge in [0, 0.05) is 17.3 Å². The molecule has 4 nitrogen and oxygen atoms in total. The SMILES string of the molecule is CC(C)=CCC[C@](C)(O)[C@H]1CC[C@@]2(C)[C@@H]3CC=C4[C@@H](C[C@H](O)[C@H](O)C4(C)C)[C@]3(C)C(=O)C[C@]12C. The third-order valence-corrected chi connectivity index (χ3v) is 11.6. The molecule has 4 aliphatic carbocycles. The molecule has 0 bridgehead atoms. The van der Waals surface area contributed by atoms with E-state index in [0.29, 0.717) is 18.6 Å². The van der Waals surface area contributed by atoms with Crippen LogP contribution in [0.1, 0.15) is 100 Å². The molecule has 0 aromatic heterocycles. The van der Waals surface area contributed by atoms with Gasteiger partial charge < -0.3 is 15.3 Å². The molecule has 0 unspecified atom stereocenters. The van der Waals surface area contributed by atoms with Crippen LogP contribution in [0.15, 0.2) is 23.3 Å². The highest BCUT2D eigenvalue weighted by molar-refractivity contribution is 5.88. The number of Topliss-reactive ketones (excluding diaryl/α,β-unsaturated/α-hetero) is 1. The Hall–Kier alpha value is -0.970. The van der Waals surface area contributed by atoms with Crippen LogP contribution in [-0.4, -0.2) is 38.9 Å². The maximum Gasteiger partial charge on any atom is 0.140 e. The summed E-state index contributed by atoms with van der Waals surface area (Å²) in [7, 11) is 0. The lowest BCUT2D eigenvalue weighted by Gasteiger charge is -2.65. The summed E-state index contributed by atoms with van der Waals surface area (Å²) in [6.07, 6.45) is 8.20. The summed E-state index contributed by atoms with van der Waals surface area (Å²) < 4.78 is 0. The Morgan fingerprint density at radius 1 is 1.15 bits per heavy atom. The minimum absolute atomic E-state index is 0.0363. The molecule has 4 aliphatic rings. The van der Waals surface area contributed by atoms with Gasteiger partial charge >= 0.3 is 0 Å². The lowest BCUT2D eigenvalue weighted by atomic mass is 9.38.